The number of methoxy groups -OCH3 is 1. The lowest BCUT2D eigenvalue weighted by molar-refractivity contribution is 0.0873. The molecule has 1 amide bonds. The third-order valence-corrected chi connectivity index (χ3v) is 5.06. The first-order valence-electron chi connectivity index (χ1n) is 8.82. The van der Waals surface area contributed by atoms with Crippen LogP contribution >= 0.6 is 0 Å². The van der Waals surface area contributed by atoms with Gasteiger partial charge in [-0.2, -0.15) is 0 Å². The molecule has 2 aromatic heterocycles. The third kappa shape index (κ3) is 3.37. The molecule has 3 heterocycles. The molecule has 1 saturated carbocycles. The van der Waals surface area contributed by atoms with Crippen molar-refractivity contribution in [2.75, 3.05) is 25.1 Å². The van der Waals surface area contributed by atoms with E-state index in [2.05, 4.69) is 20.2 Å². The Morgan fingerprint density at radius 1 is 1.38 bits per heavy atom. The highest BCUT2D eigenvalue weighted by molar-refractivity contribution is 5.91. The van der Waals surface area contributed by atoms with Gasteiger partial charge in [0, 0.05) is 42.9 Å². The van der Waals surface area contributed by atoms with Crippen LogP contribution in [0.15, 0.2) is 28.9 Å². The van der Waals surface area contributed by atoms with Crippen LogP contribution in [0.2, 0.25) is 0 Å². The first-order valence-corrected chi connectivity index (χ1v) is 8.82. The van der Waals surface area contributed by atoms with Crippen molar-refractivity contribution in [1.29, 1.82) is 0 Å². The minimum Gasteiger partial charge on any atom is -0.468 e. The van der Waals surface area contributed by atoms with Gasteiger partial charge in [0.15, 0.2) is 5.76 Å². The Balaban J connectivity index is 1.32. The van der Waals surface area contributed by atoms with Crippen molar-refractivity contribution in [3.63, 3.8) is 0 Å². The summed E-state index contributed by atoms with van der Waals surface area (Å²) in [6.45, 7) is 1.43. The Labute approximate surface area is 151 Å². The van der Waals surface area contributed by atoms with Crippen LogP contribution in [0.5, 0.6) is 5.95 Å². The topological polar surface area (TPSA) is 101 Å². The summed E-state index contributed by atoms with van der Waals surface area (Å²) >= 11 is 0. The van der Waals surface area contributed by atoms with Crippen LogP contribution in [-0.2, 0) is 0 Å². The van der Waals surface area contributed by atoms with E-state index in [1.54, 1.807) is 18.5 Å². The van der Waals surface area contributed by atoms with Gasteiger partial charge in [-0.3, -0.25) is 4.79 Å². The van der Waals surface area contributed by atoms with Crippen LogP contribution in [-0.4, -0.2) is 53.3 Å². The molecule has 1 saturated heterocycles. The molecule has 2 fully saturated rings. The molecular formula is C18H22N4O4. The fourth-order valence-corrected chi connectivity index (χ4v) is 3.49. The number of β-amino-alcohol motifs (C(OH)–C–C–N with tert-alkyl or cyclic N) is 1. The van der Waals surface area contributed by atoms with Gasteiger partial charge in [0.25, 0.3) is 11.9 Å². The van der Waals surface area contributed by atoms with Gasteiger partial charge in [-0.25, -0.2) is 9.97 Å². The number of aliphatic hydroxyl groups is 1. The number of anilines is 1. The summed E-state index contributed by atoms with van der Waals surface area (Å²) < 4.78 is 10.2. The molecule has 0 bridgehead atoms. The van der Waals surface area contributed by atoms with Crippen molar-refractivity contribution in [2.24, 2.45) is 0 Å². The van der Waals surface area contributed by atoms with E-state index in [-0.39, 0.29) is 23.8 Å². The summed E-state index contributed by atoms with van der Waals surface area (Å²) in [5.74, 6) is 1.51. The minimum absolute atomic E-state index is 0.107. The number of furan rings is 1. The molecule has 2 aliphatic rings. The smallest absolute Gasteiger partial charge is 0.287 e. The molecule has 138 valence electrons. The van der Waals surface area contributed by atoms with E-state index in [1.807, 2.05) is 6.07 Å². The van der Waals surface area contributed by atoms with Crippen LogP contribution in [0, 0.1) is 0 Å². The number of carbonyl (C=O) groups is 1. The Kier molecular flexibility index (Phi) is 4.50. The van der Waals surface area contributed by atoms with Crippen molar-refractivity contribution < 1.29 is 19.1 Å². The summed E-state index contributed by atoms with van der Waals surface area (Å²) in [7, 11) is 1.50. The second-order valence-electron chi connectivity index (χ2n) is 6.85. The molecule has 2 aromatic rings. The average Bonchev–Trinajstić information content (AvgIpc) is 3.26. The number of carbonyl (C=O) groups excluding carboxylic acids is 1. The molecule has 2 N–H and O–H groups in total. The fraction of sp³-hybridized carbons (Fsp3) is 0.500. The van der Waals surface area contributed by atoms with Crippen LogP contribution in [0.25, 0.3) is 0 Å². The van der Waals surface area contributed by atoms with E-state index in [9.17, 15) is 9.90 Å². The zero-order chi connectivity index (χ0) is 18.1. The van der Waals surface area contributed by atoms with Gasteiger partial charge in [0.05, 0.1) is 13.2 Å². The molecule has 8 heteroatoms. The summed E-state index contributed by atoms with van der Waals surface area (Å²) in [5, 5.41) is 12.7. The van der Waals surface area contributed by atoms with E-state index in [0.29, 0.717) is 18.4 Å². The van der Waals surface area contributed by atoms with Gasteiger partial charge in [-0.1, -0.05) is 0 Å². The molecule has 0 aromatic carbocycles. The number of ether oxygens (including phenoxy) is 1. The van der Waals surface area contributed by atoms with Crippen molar-refractivity contribution in [3.05, 3.63) is 36.0 Å². The van der Waals surface area contributed by atoms with Crippen molar-refractivity contribution in [1.82, 2.24) is 15.3 Å². The Morgan fingerprint density at radius 3 is 2.92 bits per heavy atom. The number of amides is 1. The van der Waals surface area contributed by atoms with Crippen LogP contribution < -0.4 is 15.0 Å². The van der Waals surface area contributed by atoms with Crippen LogP contribution in [0.1, 0.15) is 41.4 Å². The van der Waals surface area contributed by atoms with Crippen LogP contribution in [0.3, 0.4) is 0 Å². The lowest BCUT2D eigenvalue weighted by atomic mass is 9.78. The molecule has 1 aliphatic carbocycles. The van der Waals surface area contributed by atoms with Crippen molar-refractivity contribution in [3.8, 4) is 5.95 Å². The number of aromatic nitrogens is 2. The molecule has 0 radical (unpaired) electrons. The maximum absolute atomic E-state index is 12.2. The zero-order valence-corrected chi connectivity index (χ0v) is 14.6. The molecule has 1 aliphatic heterocycles. The largest absolute Gasteiger partial charge is 0.468 e. The highest BCUT2D eigenvalue weighted by Crippen LogP contribution is 2.37. The van der Waals surface area contributed by atoms with Crippen molar-refractivity contribution in [2.45, 2.75) is 37.3 Å². The summed E-state index contributed by atoms with van der Waals surface area (Å²) in [5.41, 5.74) is 0.988. The number of rotatable bonds is 5. The SMILES string of the molecule is COc1ccc(C(=O)NC2CC(c3cc(N4CC[C@H](O)C4)ncn3)C2)o1. The van der Waals surface area contributed by atoms with Gasteiger partial charge in [0.1, 0.15) is 12.1 Å². The Bertz CT molecular complexity index is 787. The quantitative estimate of drug-likeness (QED) is 0.831. The molecule has 8 nitrogen and oxygen atoms in total. The normalized spacial score (nSPS) is 25.0. The predicted molar refractivity (Wildman–Crippen MR) is 93.4 cm³/mol. The molecule has 0 spiro atoms. The van der Waals surface area contributed by atoms with E-state index in [4.69, 9.17) is 9.15 Å². The lowest BCUT2D eigenvalue weighted by Crippen LogP contribution is -2.43. The monoisotopic (exact) mass is 358 g/mol. The van der Waals surface area contributed by atoms with Gasteiger partial charge < -0.3 is 24.5 Å². The maximum atomic E-state index is 12.2. The first-order chi connectivity index (χ1) is 12.6. The van der Waals surface area contributed by atoms with E-state index in [1.165, 1.54) is 7.11 Å². The highest BCUT2D eigenvalue weighted by Gasteiger charge is 2.33. The number of hydrogen-bond acceptors (Lipinski definition) is 7. The average molecular weight is 358 g/mol. The second kappa shape index (κ2) is 6.95. The van der Waals surface area contributed by atoms with Gasteiger partial charge in [0.2, 0.25) is 0 Å². The standard InChI is InChI=1S/C18H22N4O4/c1-25-17-3-2-15(26-17)18(24)21-12-6-11(7-12)14-8-16(20-10-19-14)22-5-4-13(23)9-22/h2-3,8,10-13,23H,4-7,9H2,1H3,(H,21,24)/t11?,12?,13-/m0/s1. The number of aliphatic hydroxyl groups excluding tert-OH is 1. The van der Waals surface area contributed by atoms with Gasteiger partial charge in [-0.15, -0.1) is 0 Å². The van der Waals surface area contributed by atoms with Crippen molar-refractivity contribution >= 4 is 11.7 Å². The fourth-order valence-electron chi connectivity index (χ4n) is 3.49. The third-order valence-electron chi connectivity index (χ3n) is 5.06. The molecule has 0 unspecified atom stereocenters. The van der Waals surface area contributed by atoms with Gasteiger partial charge in [-0.05, 0) is 25.3 Å². The maximum Gasteiger partial charge on any atom is 0.287 e. The van der Waals surface area contributed by atoms with E-state index >= 15 is 0 Å². The number of nitrogens with one attached hydrogen (secondary N) is 1. The minimum atomic E-state index is -0.281. The highest BCUT2D eigenvalue weighted by atomic mass is 16.6. The Morgan fingerprint density at radius 2 is 2.23 bits per heavy atom. The summed E-state index contributed by atoms with van der Waals surface area (Å²) in [4.78, 5) is 23.0. The lowest BCUT2D eigenvalue weighted by Gasteiger charge is -2.35. The zero-order valence-electron chi connectivity index (χ0n) is 14.6. The molecule has 26 heavy (non-hydrogen) atoms. The predicted octanol–water partition coefficient (Wildman–Crippen LogP) is 1.33. The molecule has 1 atom stereocenters. The van der Waals surface area contributed by atoms with E-state index < -0.39 is 0 Å². The number of hydrogen-bond donors (Lipinski definition) is 2. The number of nitrogens with zero attached hydrogens (tertiary/aromatic N) is 3. The molecular weight excluding hydrogens is 336 g/mol. The van der Waals surface area contributed by atoms with E-state index in [0.717, 1.165) is 37.3 Å². The summed E-state index contributed by atoms with van der Waals surface area (Å²) in [6.07, 6.45) is 3.74. The first kappa shape index (κ1) is 16.8. The van der Waals surface area contributed by atoms with Crippen LogP contribution in [0.4, 0.5) is 5.82 Å². The Hall–Kier alpha value is -2.61. The second-order valence-corrected chi connectivity index (χ2v) is 6.85. The summed E-state index contributed by atoms with van der Waals surface area (Å²) in [6, 6.07) is 5.33. The van der Waals surface area contributed by atoms with Gasteiger partial charge >= 0.3 is 0 Å². The molecule has 4 rings (SSSR count).